The van der Waals surface area contributed by atoms with Gasteiger partial charge in [-0.1, -0.05) is 24.3 Å². The molecule has 2 heteroatoms. The Labute approximate surface area is 109 Å². The minimum absolute atomic E-state index is 1.04. The van der Waals surface area contributed by atoms with Gasteiger partial charge in [-0.2, -0.15) is 0 Å². The topological polar surface area (TPSA) is 3.24 Å². The molecule has 0 unspecified atom stereocenters. The number of rotatable bonds is 1. The Morgan fingerprint density at radius 2 is 1.38 bits per heavy atom. The quantitative estimate of drug-likeness (QED) is 0.722. The first-order valence-electron chi connectivity index (χ1n) is 5.40. The van der Waals surface area contributed by atoms with Crippen molar-refractivity contribution in [2.24, 2.45) is 0 Å². The molecule has 0 spiro atoms. The van der Waals surface area contributed by atoms with Crippen LogP contribution in [0.4, 0.5) is 5.69 Å². The van der Waals surface area contributed by atoms with E-state index in [1.165, 1.54) is 20.4 Å². The molecule has 0 aliphatic carbocycles. The molecule has 0 saturated carbocycles. The molecule has 0 atom stereocenters. The maximum Gasteiger partial charge on any atom is 0.0436 e. The third kappa shape index (κ3) is 1.82. The SMILES string of the molecule is Ic1ccc(N2Cc3ccccc3C2)cc1. The maximum absolute atomic E-state index is 2.42. The molecular formula is C14H12IN. The van der Waals surface area contributed by atoms with Gasteiger partial charge in [0.05, 0.1) is 0 Å². The lowest BCUT2D eigenvalue weighted by Crippen LogP contribution is -2.14. The minimum atomic E-state index is 1.04. The summed E-state index contributed by atoms with van der Waals surface area (Å²) in [4.78, 5) is 2.42. The first-order chi connectivity index (χ1) is 7.83. The number of nitrogens with zero attached hydrogens (tertiary/aromatic N) is 1. The Hall–Kier alpha value is -1.03. The fourth-order valence-electron chi connectivity index (χ4n) is 2.17. The number of benzene rings is 2. The van der Waals surface area contributed by atoms with Crippen molar-refractivity contribution < 1.29 is 0 Å². The average molecular weight is 321 g/mol. The molecule has 1 nitrogen and oxygen atoms in total. The van der Waals surface area contributed by atoms with E-state index >= 15 is 0 Å². The van der Waals surface area contributed by atoms with E-state index in [1.807, 2.05) is 0 Å². The molecule has 2 aromatic rings. The molecule has 0 aromatic heterocycles. The molecule has 1 aliphatic rings. The maximum atomic E-state index is 2.42. The summed E-state index contributed by atoms with van der Waals surface area (Å²) < 4.78 is 1.29. The van der Waals surface area contributed by atoms with Gasteiger partial charge in [0.2, 0.25) is 0 Å². The van der Waals surface area contributed by atoms with Crippen molar-refractivity contribution in [3.63, 3.8) is 0 Å². The molecule has 2 aromatic carbocycles. The zero-order chi connectivity index (χ0) is 11.0. The molecule has 0 saturated heterocycles. The van der Waals surface area contributed by atoms with Crippen LogP contribution in [0.5, 0.6) is 0 Å². The largest absolute Gasteiger partial charge is 0.363 e. The summed E-state index contributed by atoms with van der Waals surface area (Å²) in [6.07, 6.45) is 0. The Morgan fingerprint density at radius 3 is 1.94 bits per heavy atom. The lowest BCUT2D eigenvalue weighted by molar-refractivity contribution is 0.880. The van der Waals surface area contributed by atoms with E-state index in [9.17, 15) is 0 Å². The molecule has 0 N–H and O–H groups in total. The highest BCUT2D eigenvalue weighted by atomic mass is 127. The van der Waals surface area contributed by atoms with Crippen molar-refractivity contribution in [1.82, 2.24) is 0 Å². The molecular weight excluding hydrogens is 309 g/mol. The molecule has 1 aliphatic heterocycles. The van der Waals surface area contributed by atoms with Gasteiger partial charge in [-0.3, -0.25) is 0 Å². The van der Waals surface area contributed by atoms with Crippen molar-refractivity contribution in [3.8, 4) is 0 Å². The zero-order valence-corrected chi connectivity index (χ0v) is 11.0. The fraction of sp³-hybridized carbons (Fsp3) is 0.143. The van der Waals surface area contributed by atoms with Crippen LogP contribution in [0, 0.1) is 3.57 Å². The van der Waals surface area contributed by atoms with Crippen molar-refractivity contribution in [2.45, 2.75) is 13.1 Å². The van der Waals surface area contributed by atoms with E-state index in [0.29, 0.717) is 0 Å². The summed E-state index contributed by atoms with van der Waals surface area (Å²) in [5.41, 5.74) is 4.23. The smallest absolute Gasteiger partial charge is 0.0436 e. The Bertz CT molecular complexity index is 479. The van der Waals surface area contributed by atoms with Crippen LogP contribution in [0.1, 0.15) is 11.1 Å². The summed E-state index contributed by atoms with van der Waals surface area (Å²) in [5.74, 6) is 0. The van der Waals surface area contributed by atoms with Crippen molar-refractivity contribution in [3.05, 3.63) is 63.2 Å². The summed E-state index contributed by atoms with van der Waals surface area (Å²) in [6, 6.07) is 17.4. The Morgan fingerprint density at radius 1 is 0.812 bits per heavy atom. The van der Waals surface area contributed by atoms with E-state index in [-0.39, 0.29) is 0 Å². The van der Waals surface area contributed by atoms with Crippen molar-refractivity contribution in [2.75, 3.05) is 4.90 Å². The normalized spacial score (nSPS) is 13.9. The van der Waals surface area contributed by atoms with E-state index in [2.05, 4.69) is 76.0 Å². The second kappa shape index (κ2) is 4.09. The van der Waals surface area contributed by atoms with E-state index in [4.69, 9.17) is 0 Å². The molecule has 16 heavy (non-hydrogen) atoms. The molecule has 0 fully saturated rings. The van der Waals surface area contributed by atoms with Gasteiger partial charge in [-0.15, -0.1) is 0 Å². The fourth-order valence-corrected chi connectivity index (χ4v) is 2.53. The summed E-state index contributed by atoms with van der Waals surface area (Å²) in [5, 5.41) is 0. The van der Waals surface area contributed by atoms with Crippen LogP contribution in [0.3, 0.4) is 0 Å². The molecule has 0 bridgehead atoms. The molecule has 0 radical (unpaired) electrons. The molecule has 80 valence electrons. The van der Waals surface area contributed by atoms with Crippen LogP contribution < -0.4 is 4.90 Å². The number of halogens is 1. The number of fused-ring (bicyclic) bond motifs is 1. The van der Waals surface area contributed by atoms with Gasteiger partial charge in [0.15, 0.2) is 0 Å². The average Bonchev–Trinajstić information content (AvgIpc) is 2.73. The standard InChI is InChI=1S/C14H12IN/c15-13-5-7-14(8-6-13)16-9-11-3-1-2-4-12(11)10-16/h1-8H,9-10H2. The van der Waals surface area contributed by atoms with Gasteiger partial charge in [-0.05, 0) is 58.0 Å². The van der Waals surface area contributed by atoms with Crippen LogP contribution in [0.25, 0.3) is 0 Å². The van der Waals surface area contributed by atoms with Gasteiger partial charge >= 0.3 is 0 Å². The third-order valence-electron chi connectivity index (χ3n) is 3.03. The predicted octanol–water partition coefficient (Wildman–Crippen LogP) is 3.81. The highest BCUT2D eigenvalue weighted by Gasteiger charge is 2.17. The molecule has 3 rings (SSSR count). The van der Waals surface area contributed by atoms with Gasteiger partial charge < -0.3 is 4.90 Å². The highest BCUT2D eigenvalue weighted by Crippen LogP contribution is 2.28. The van der Waals surface area contributed by atoms with Gasteiger partial charge in [0, 0.05) is 22.3 Å². The summed E-state index contributed by atoms with van der Waals surface area (Å²) in [6.45, 7) is 2.08. The molecule has 0 amide bonds. The molecule has 1 heterocycles. The first kappa shape index (κ1) is 10.1. The van der Waals surface area contributed by atoms with Crippen molar-refractivity contribution >= 4 is 28.3 Å². The van der Waals surface area contributed by atoms with Crippen LogP contribution in [0.2, 0.25) is 0 Å². The number of anilines is 1. The Kier molecular flexibility index (Phi) is 2.59. The summed E-state index contributed by atoms with van der Waals surface area (Å²) >= 11 is 2.34. The number of hydrogen-bond acceptors (Lipinski definition) is 1. The summed E-state index contributed by atoms with van der Waals surface area (Å²) in [7, 11) is 0. The van der Waals surface area contributed by atoms with Crippen LogP contribution in [-0.2, 0) is 13.1 Å². The van der Waals surface area contributed by atoms with Crippen LogP contribution in [-0.4, -0.2) is 0 Å². The van der Waals surface area contributed by atoms with E-state index in [0.717, 1.165) is 13.1 Å². The Balaban J connectivity index is 1.88. The van der Waals surface area contributed by atoms with Crippen molar-refractivity contribution in [1.29, 1.82) is 0 Å². The van der Waals surface area contributed by atoms with Gasteiger partial charge in [0.25, 0.3) is 0 Å². The predicted molar refractivity (Wildman–Crippen MR) is 75.5 cm³/mol. The van der Waals surface area contributed by atoms with Gasteiger partial charge in [-0.25, -0.2) is 0 Å². The van der Waals surface area contributed by atoms with E-state index in [1.54, 1.807) is 0 Å². The van der Waals surface area contributed by atoms with E-state index < -0.39 is 0 Å². The van der Waals surface area contributed by atoms with Crippen LogP contribution >= 0.6 is 22.6 Å². The van der Waals surface area contributed by atoms with Gasteiger partial charge in [0.1, 0.15) is 0 Å². The number of hydrogen-bond donors (Lipinski definition) is 0. The zero-order valence-electron chi connectivity index (χ0n) is 8.86. The third-order valence-corrected chi connectivity index (χ3v) is 3.75. The second-order valence-electron chi connectivity index (χ2n) is 4.10. The second-order valence-corrected chi connectivity index (χ2v) is 5.35. The first-order valence-corrected chi connectivity index (χ1v) is 6.48. The lowest BCUT2D eigenvalue weighted by Gasteiger charge is -2.17. The van der Waals surface area contributed by atoms with Crippen LogP contribution in [0.15, 0.2) is 48.5 Å². The monoisotopic (exact) mass is 321 g/mol. The minimum Gasteiger partial charge on any atom is -0.363 e. The lowest BCUT2D eigenvalue weighted by atomic mass is 10.1. The highest BCUT2D eigenvalue weighted by molar-refractivity contribution is 14.1.